The van der Waals surface area contributed by atoms with Gasteiger partial charge in [-0.05, 0) is 38.0 Å². The number of phenols is 1. The van der Waals surface area contributed by atoms with Crippen molar-refractivity contribution in [3.8, 4) is 17.9 Å². The zero-order valence-corrected chi connectivity index (χ0v) is 11.7. The van der Waals surface area contributed by atoms with Gasteiger partial charge >= 0.3 is 0 Å². The number of nitriles is 2. The summed E-state index contributed by atoms with van der Waals surface area (Å²) < 4.78 is 0. The highest BCUT2D eigenvalue weighted by molar-refractivity contribution is 5.56. The molecule has 0 saturated carbocycles. The van der Waals surface area contributed by atoms with Crippen LogP contribution in [0.2, 0.25) is 0 Å². The summed E-state index contributed by atoms with van der Waals surface area (Å²) in [4.78, 5) is 0. The predicted molar refractivity (Wildman–Crippen MR) is 75.3 cm³/mol. The Kier molecular flexibility index (Phi) is 3.50. The second kappa shape index (κ2) is 5.11. The molecule has 1 heterocycles. The Labute approximate surface area is 118 Å². The number of nitrogens with zero attached hydrogens (tertiary/aromatic N) is 2. The molecule has 0 amide bonds. The number of nitrogens with one attached hydrogen (secondary N) is 1. The Morgan fingerprint density at radius 3 is 2.05 bits per heavy atom. The van der Waals surface area contributed by atoms with E-state index in [9.17, 15) is 15.6 Å². The van der Waals surface area contributed by atoms with Crippen LogP contribution in [0.3, 0.4) is 0 Å². The van der Waals surface area contributed by atoms with E-state index in [0.29, 0.717) is 11.1 Å². The number of benzene rings is 1. The van der Waals surface area contributed by atoms with Gasteiger partial charge in [0, 0.05) is 11.4 Å². The standard InChI is InChI=1S/C16H15N3O/c1-9-6-12(4-5-15(9)20)16-13(7-17)10(2)19-11(3)14(16)8-18/h4-6,16,19-20H,1-3H3. The predicted octanol–water partition coefficient (Wildman–Crippen LogP) is 2.98. The quantitative estimate of drug-likeness (QED) is 0.818. The van der Waals surface area contributed by atoms with E-state index in [4.69, 9.17) is 0 Å². The number of hydrogen-bond acceptors (Lipinski definition) is 4. The topological polar surface area (TPSA) is 79.8 Å². The van der Waals surface area contributed by atoms with Gasteiger partial charge in [0.05, 0.1) is 29.2 Å². The van der Waals surface area contributed by atoms with Crippen molar-refractivity contribution < 1.29 is 5.11 Å². The van der Waals surface area contributed by atoms with Crippen molar-refractivity contribution in [3.63, 3.8) is 0 Å². The van der Waals surface area contributed by atoms with Gasteiger partial charge in [-0.1, -0.05) is 12.1 Å². The summed E-state index contributed by atoms with van der Waals surface area (Å²) >= 11 is 0. The number of aromatic hydroxyl groups is 1. The fourth-order valence-electron chi connectivity index (χ4n) is 2.48. The molecule has 0 unspecified atom stereocenters. The fourth-order valence-corrected chi connectivity index (χ4v) is 2.48. The van der Waals surface area contributed by atoms with Crippen LogP contribution in [0.5, 0.6) is 5.75 Å². The molecule has 0 radical (unpaired) electrons. The van der Waals surface area contributed by atoms with E-state index in [1.165, 1.54) is 0 Å². The normalized spacial score (nSPS) is 15.7. The molecule has 0 spiro atoms. The van der Waals surface area contributed by atoms with Gasteiger partial charge in [0.2, 0.25) is 0 Å². The molecule has 4 nitrogen and oxygen atoms in total. The van der Waals surface area contributed by atoms with E-state index in [1.54, 1.807) is 19.1 Å². The molecule has 1 aromatic rings. The van der Waals surface area contributed by atoms with Crippen LogP contribution < -0.4 is 5.32 Å². The van der Waals surface area contributed by atoms with Gasteiger partial charge < -0.3 is 10.4 Å². The molecule has 2 rings (SSSR count). The third-order valence-corrected chi connectivity index (χ3v) is 3.56. The summed E-state index contributed by atoms with van der Waals surface area (Å²) in [6.07, 6.45) is 0. The molecule has 0 saturated heterocycles. The summed E-state index contributed by atoms with van der Waals surface area (Å²) in [5, 5.41) is 31.5. The fraction of sp³-hybridized carbons (Fsp3) is 0.250. The summed E-state index contributed by atoms with van der Waals surface area (Å²) in [6.45, 7) is 5.46. The van der Waals surface area contributed by atoms with E-state index in [0.717, 1.165) is 22.5 Å². The van der Waals surface area contributed by atoms with Gasteiger partial charge in [-0.15, -0.1) is 0 Å². The lowest BCUT2D eigenvalue weighted by Gasteiger charge is -2.26. The molecule has 2 N–H and O–H groups in total. The SMILES string of the molecule is CC1=C(C#N)C(c2ccc(O)c(C)c2)C(C#N)=C(C)N1. The van der Waals surface area contributed by atoms with Crippen LogP contribution in [0.25, 0.3) is 0 Å². The van der Waals surface area contributed by atoms with Crippen LogP contribution in [-0.4, -0.2) is 5.11 Å². The van der Waals surface area contributed by atoms with Crippen LogP contribution in [-0.2, 0) is 0 Å². The molecule has 0 bridgehead atoms. The average molecular weight is 265 g/mol. The number of phenolic OH excluding ortho intramolecular Hbond substituents is 1. The minimum absolute atomic E-state index is 0.209. The first-order valence-corrected chi connectivity index (χ1v) is 6.27. The first-order valence-electron chi connectivity index (χ1n) is 6.27. The summed E-state index contributed by atoms with van der Waals surface area (Å²) in [5.74, 6) is -0.161. The van der Waals surface area contributed by atoms with Crippen LogP contribution in [0.1, 0.15) is 30.9 Å². The Hall–Kier alpha value is -2.72. The highest BCUT2D eigenvalue weighted by Crippen LogP contribution is 2.38. The zero-order chi connectivity index (χ0) is 14.9. The van der Waals surface area contributed by atoms with E-state index >= 15 is 0 Å². The maximum atomic E-state index is 9.63. The van der Waals surface area contributed by atoms with Crippen molar-refractivity contribution in [2.75, 3.05) is 0 Å². The Morgan fingerprint density at radius 2 is 1.60 bits per heavy atom. The molecule has 1 aliphatic rings. The molecule has 1 aliphatic heterocycles. The van der Waals surface area contributed by atoms with Crippen molar-refractivity contribution in [2.24, 2.45) is 0 Å². The smallest absolute Gasteiger partial charge is 0.118 e. The molecule has 0 aromatic heterocycles. The highest BCUT2D eigenvalue weighted by Gasteiger charge is 2.29. The van der Waals surface area contributed by atoms with E-state index < -0.39 is 0 Å². The zero-order valence-electron chi connectivity index (χ0n) is 11.7. The Balaban J connectivity index is 2.66. The lowest BCUT2D eigenvalue weighted by Crippen LogP contribution is -2.23. The van der Waals surface area contributed by atoms with Gasteiger partial charge in [0.15, 0.2) is 0 Å². The summed E-state index contributed by atoms with van der Waals surface area (Å²) in [7, 11) is 0. The van der Waals surface area contributed by atoms with Crippen molar-refractivity contribution in [1.29, 1.82) is 10.5 Å². The maximum Gasteiger partial charge on any atom is 0.118 e. The highest BCUT2D eigenvalue weighted by atomic mass is 16.3. The molecule has 1 aromatic carbocycles. The lowest BCUT2D eigenvalue weighted by atomic mass is 9.81. The molecular weight excluding hydrogens is 250 g/mol. The molecule has 0 fully saturated rings. The molecule has 0 aliphatic carbocycles. The van der Waals surface area contributed by atoms with E-state index in [2.05, 4.69) is 17.5 Å². The van der Waals surface area contributed by atoms with Crippen molar-refractivity contribution in [2.45, 2.75) is 26.7 Å². The Morgan fingerprint density at radius 1 is 1.05 bits per heavy atom. The molecule has 4 heteroatoms. The third-order valence-electron chi connectivity index (χ3n) is 3.56. The van der Waals surface area contributed by atoms with Crippen LogP contribution in [0.15, 0.2) is 40.7 Å². The molecule has 100 valence electrons. The number of hydrogen-bond donors (Lipinski definition) is 2. The van der Waals surface area contributed by atoms with Crippen molar-refractivity contribution >= 4 is 0 Å². The van der Waals surface area contributed by atoms with Crippen LogP contribution in [0.4, 0.5) is 0 Å². The van der Waals surface area contributed by atoms with Gasteiger partial charge in [-0.3, -0.25) is 0 Å². The number of dihydropyridines is 1. The van der Waals surface area contributed by atoms with Gasteiger partial charge in [-0.25, -0.2) is 0 Å². The van der Waals surface area contributed by atoms with Crippen LogP contribution >= 0.6 is 0 Å². The summed E-state index contributed by atoms with van der Waals surface area (Å²) in [6, 6.07) is 9.56. The largest absolute Gasteiger partial charge is 0.508 e. The van der Waals surface area contributed by atoms with Gasteiger partial charge in [-0.2, -0.15) is 10.5 Å². The van der Waals surface area contributed by atoms with Gasteiger partial charge in [0.25, 0.3) is 0 Å². The van der Waals surface area contributed by atoms with Gasteiger partial charge in [0.1, 0.15) is 5.75 Å². The second-order valence-electron chi connectivity index (χ2n) is 4.90. The minimum atomic E-state index is -0.370. The molecule has 20 heavy (non-hydrogen) atoms. The Bertz CT molecular complexity index is 678. The first kappa shape index (κ1) is 13.7. The lowest BCUT2D eigenvalue weighted by molar-refractivity contribution is 0.471. The first-order chi connectivity index (χ1) is 9.49. The van der Waals surface area contributed by atoms with Crippen molar-refractivity contribution in [1.82, 2.24) is 5.32 Å². The number of allylic oxidation sites excluding steroid dienone is 4. The summed E-state index contributed by atoms with van der Waals surface area (Å²) in [5.41, 5.74) is 4.17. The maximum absolute atomic E-state index is 9.63. The molecule has 0 atom stereocenters. The van der Waals surface area contributed by atoms with Crippen molar-refractivity contribution in [3.05, 3.63) is 51.9 Å². The monoisotopic (exact) mass is 265 g/mol. The minimum Gasteiger partial charge on any atom is -0.508 e. The molecular formula is C16H15N3O. The van der Waals surface area contributed by atoms with E-state index in [1.807, 2.05) is 19.9 Å². The number of rotatable bonds is 1. The average Bonchev–Trinajstić information content (AvgIpc) is 2.41. The number of aryl methyl sites for hydroxylation is 1. The van der Waals surface area contributed by atoms with E-state index in [-0.39, 0.29) is 11.7 Å². The van der Waals surface area contributed by atoms with Crippen LogP contribution in [0, 0.1) is 29.6 Å². The third kappa shape index (κ3) is 2.13. The second-order valence-corrected chi connectivity index (χ2v) is 4.90.